The smallest absolute Gasteiger partial charge is 0.231 e. The van der Waals surface area contributed by atoms with Gasteiger partial charge in [0.05, 0.1) is 6.10 Å². The first-order valence-corrected chi connectivity index (χ1v) is 12.0. The minimum atomic E-state index is -4.23. The average molecular weight is 471 g/mol. The van der Waals surface area contributed by atoms with Gasteiger partial charge >= 0.3 is 0 Å². The maximum absolute atomic E-state index is 13.0. The number of rotatable bonds is 7. The molecule has 4 rings (SSSR count). The fraction of sp³-hybridized carbons (Fsp3) is 0.250. The molecule has 0 radical (unpaired) electrons. The summed E-state index contributed by atoms with van der Waals surface area (Å²) in [6.07, 6.45) is -0.792. The second-order valence-electron chi connectivity index (χ2n) is 8.10. The number of benzene rings is 3. The van der Waals surface area contributed by atoms with Crippen LogP contribution >= 0.6 is 0 Å². The third-order valence-corrected chi connectivity index (χ3v) is 7.14. The monoisotopic (exact) mass is 470 g/mol. The Hall–Kier alpha value is -3.27. The quantitative estimate of drug-likeness (QED) is 0.388. The largest absolute Gasteiger partial charge is 0.507 e. The number of phenols is 1. The molecule has 0 bridgehead atoms. The maximum Gasteiger partial charge on any atom is 0.231 e. The van der Waals surface area contributed by atoms with E-state index in [0.29, 0.717) is 23.5 Å². The maximum atomic E-state index is 13.0. The Labute approximate surface area is 192 Å². The molecule has 0 aliphatic carbocycles. The van der Waals surface area contributed by atoms with Gasteiger partial charge in [-0.25, -0.2) is 13.6 Å². The zero-order chi connectivity index (χ0) is 23.8. The highest BCUT2D eigenvalue weighted by Gasteiger charge is 2.37. The number of anilines is 1. The summed E-state index contributed by atoms with van der Waals surface area (Å²) in [5.41, 5.74) is 7.77. The van der Waals surface area contributed by atoms with Gasteiger partial charge in [-0.15, -0.1) is 0 Å². The Morgan fingerprint density at radius 3 is 2.39 bits per heavy atom. The van der Waals surface area contributed by atoms with E-state index in [-0.39, 0.29) is 29.4 Å². The minimum absolute atomic E-state index is 0.0605. The summed E-state index contributed by atoms with van der Waals surface area (Å²) in [6, 6.07) is 17.5. The molecule has 3 atom stereocenters. The van der Waals surface area contributed by atoms with Gasteiger partial charge in [0.2, 0.25) is 16.8 Å². The van der Waals surface area contributed by atoms with Gasteiger partial charge in [0, 0.05) is 22.7 Å². The Morgan fingerprint density at radius 2 is 1.73 bits per heavy atom. The van der Waals surface area contributed by atoms with Crippen molar-refractivity contribution in [2.45, 2.75) is 30.6 Å². The number of sulfonamides is 1. The van der Waals surface area contributed by atoms with Crippen LogP contribution in [0.5, 0.6) is 17.2 Å². The molecule has 174 valence electrons. The van der Waals surface area contributed by atoms with Crippen molar-refractivity contribution in [2.75, 3.05) is 12.5 Å². The third-order valence-electron chi connectivity index (χ3n) is 5.85. The van der Waals surface area contributed by atoms with Gasteiger partial charge < -0.3 is 25.4 Å². The van der Waals surface area contributed by atoms with Crippen LogP contribution in [0.4, 0.5) is 5.69 Å². The first-order chi connectivity index (χ1) is 15.7. The summed E-state index contributed by atoms with van der Waals surface area (Å²) >= 11 is 0. The molecule has 33 heavy (non-hydrogen) atoms. The first-order valence-electron chi connectivity index (χ1n) is 10.4. The number of phenolic OH excluding ortho intramolecular Hbond substituents is 1. The van der Waals surface area contributed by atoms with Gasteiger partial charge in [0.1, 0.15) is 11.0 Å². The van der Waals surface area contributed by atoms with Crippen molar-refractivity contribution in [3.63, 3.8) is 0 Å². The lowest BCUT2D eigenvalue weighted by Crippen LogP contribution is -2.28. The molecular formula is C24H26N2O6S. The van der Waals surface area contributed by atoms with E-state index >= 15 is 0 Å². The number of aliphatic hydroxyl groups is 1. The van der Waals surface area contributed by atoms with E-state index in [1.807, 2.05) is 30.3 Å². The fourth-order valence-electron chi connectivity index (χ4n) is 4.34. The van der Waals surface area contributed by atoms with Crippen LogP contribution in [0.2, 0.25) is 0 Å². The molecule has 3 unspecified atom stereocenters. The number of aromatic hydroxyl groups is 1. The zero-order valence-electron chi connectivity index (χ0n) is 18.0. The van der Waals surface area contributed by atoms with Gasteiger partial charge in [-0.2, -0.15) is 0 Å². The number of hydrogen-bond donors (Lipinski definition) is 4. The second kappa shape index (κ2) is 8.93. The number of nitrogen functional groups attached to an aromatic ring is 1. The first kappa shape index (κ1) is 22.9. The summed E-state index contributed by atoms with van der Waals surface area (Å²) in [6.45, 7) is 1.53. The van der Waals surface area contributed by atoms with Crippen LogP contribution in [0.3, 0.4) is 0 Å². The van der Waals surface area contributed by atoms with Crippen LogP contribution in [-0.4, -0.2) is 25.4 Å². The minimum Gasteiger partial charge on any atom is -0.507 e. The van der Waals surface area contributed by atoms with Crippen molar-refractivity contribution >= 4 is 15.7 Å². The van der Waals surface area contributed by atoms with E-state index in [1.165, 1.54) is 19.1 Å². The Balaban J connectivity index is 1.91. The number of hydrogen-bond acceptors (Lipinski definition) is 7. The lowest BCUT2D eigenvalue weighted by molar-refractivity contribution is 0.174. The molecule has 0 spiro atoms. The Bertz CT molecular complexity index is 1260. The molecule has 0 saturated carbocycles. The van der Waals surface area contributed by atoms with Gasteiger partial charge in [-0.1, -0.05) is 42.5 Å². The van der Waals surface area contributed by atoms with E-state index in [4.69, 9.17) is 20.3 Å². The summed E-state index contributed by atoms with van der Waals surface area (Å²) in [4.78, 5) is 0. The number of nitrogens with two attached hydrogens (primary N) is 2. The van der Waals surface area contributed by atoms with Crippen molar-refractivity contribution in [3.05, 3.63) is 82.9 Å². The lowest BCUT2D eigenvalue weighted by Gasteiger charge is -2.28. The molecule has 8 nitrogen and oxygen atoms in total. The highest BCUT2D eigenvalue weighted by molar-refractivity contribution is 7.89. The third kappa shape index (κ3) is 4.61. The average Bonchev–Trinajstić information content (AvgIpc) is 3.22. The van der Waals surface area contributed by atoms with Crippen LogP contribution in [0, 0.1) is 0 Å². The lowest BCUT2D eigenvalue weighted by atomic mass is 9.84. The zero-order valence-corrected chi connectivity index (χ0v) is 18.8. The highest BCUT2D eigenvalue weighted by atomic mass is 32.2. The number of aliphatic hydroxyl groups excluding tert-OH is 1. The van der Waals surface area contributed by atoms with Crippen LogP contribution < -0.4 is 20.3 Å². The molecule has 3 aromatic rings. The van der Waals surface area contributed by atoms with E-state index < -0.39 is 27.3 Å². The molecule has 0 amide bonds. The van der Waals surface area contributed by atoms with E-state index in [0.717, 1.165) is 5.56 Å². The predicted molar refractivity (Wildman–Crippen MR) is 124 cm³/mol. The summed E-state index contributed by atoms with van der Waals surface area (Å²) in [7, 11) is -4.23. The standard InChI is InChI=1S/C24H26N2O6S/c1-14(27)22-19(25)9-8-17(23(22)28)24(33(26,29)30)18(11-15-5-3-2-4-6-15)16-7-10-20-21(12-16)32-13-31-20/h2-10,12,14,18,24,27-28H,11,13,25H2,1H3,(H2,26,29,30). The highest BCUT2D eigenvalue weighted by Crippen LogP contribution is 2.47. The molecule has 0 saturated heterocycles. The summed E-state index contributed by atoms with van der Waals surface area (Å²) in [5, 5.41) is 25.6. The molecule has 9 heteroatoms. The van der Waals surface area contributed by atoms with Crippen molar-refractivity contribution in [3.8, 4) is 17.2 Å². The van der Waals surface area contributed by atoms with E-state index in [2.05, 4.69) is 0 Å². The van der Waals surface area contributed by atoms with Crippen LogP contribution in [0.25, 0.3) is 0 Å². The van der Waals surface area contributed by atoms with Gasteiger partial charge in [0.25, 0.3) is 0 Å². The Morgan fingerprint density at radius 1 is 1.03 bits per heavy atom. The second-order valence-corrected chi connectivity index (χ2v) is 9.79. The fourth-order valence-corrected chi connectivity index (χ4v) is 5.60. The van der Waals surface area contributed by atoms with Gasteiger partial charge in [0.15, 0.2) is 11.5 Å². The molecule has 6 N–H and O–H groups in total. The summed E-state index contributed by atoms with van der Waals surface area (Å²) < 4.78 is 36.9. The van der Waals surface area contributed by atoms with E-state index in [9.17, 15) is 18.6 Å². The van der Waals surface area contributed by atoms with E-state index in [1.54, 1.807) is 18.2 Å². The number of fused-ring (bicyclic) bond motifs is 1. The van der Waals surface area contributed by atoms with Crippen molar-refractivity contribution in [2.24, 2.45) is 5.14 Å². The van der Waals surface area contributed by atoms with Crippen LogP contribution in [0.15, 0.2) is 60.7 Å². The number of primary sulfonamides is 1. The Kier molecular flexibility index (Phi) is 6.20. The molecule has 1 aliphatic heterocycles. The van der Waals surface area contributed by atoms with Gasteiger partial charge in [-0.3, -0.25) is 0 Å². The normalized spacial score (nSPS) is 15.7. The van der Waals surface area contributed by atoms with Crippen LogP contribution in [-0.2, 0) is 16.4 Å². The van der Waals surface area contributed by atoms with Crippen molar-refractivity contribution < 1.29 is 28.1 Å². The van der Waals surface area contributed by atoms with Crippen molar-refractivity contribution in [1.29, 1.82) is 0 Å². The predicted octanol–water partition coefficient (Wildman–Crippen LogP) is 3.11. The molecule has 0 aromatic heterocycles. The van der Waals surface area contributed by atoms with Gasteiger partial charge in [-0.05, 0) is 42.7 Å². The molecule has 1 aliphatic rings. The SMILES string of the molecule is CC(O)c1c(N)ccc(C(C(Cc2ccccc2)c2ccc3c(c2)OCO3)S(N)(=O)=O)c1O. The van der Waals surface area contributed by atoms with Crippen LogP contribution in [0.1, 0.15) is 46.4 Å². The molecular weight excluding hydrogens is 444 g/mol. The summed E-state index contributed by atoms with van der Waals surface area (Å²) in [5.74, 6) is -0.00266. The molecule has 0 fully saturated rings. The number of ether oxygens (including phenoxy) is 2. The topological polar surface area (TPSA) is 145 Å². The molecule has 3 aromatic carbocycles. The molecule has 1 heterocycles. The van der Waals surface area contributed by atoms with Crippen molar-refractivity contribution in [1.82, 2.24) is 0 Å².